The van der Waals surface area contributed by atoms with Crippen molar-refractivity contribution in [1.29, 1.82) is 0 Å². The molecule has 0 aliphatic carbocycles. The molecule has 0 aromatic carbocycles. The summed E-state index contributed by atoms with van der Waals surface area (Å²) in [5.74, 6) is -2.96. The molecule has 0 rings (SSSR count). The molecule has 114 valence electrons. The second kappa shape index (κ2) is 8.45. The van der Waals surface area contributed by atoms with Crippen molar-refractivity contribution < 1.29 is 23.9 Å². The van der Waals surface area contributed by atoms with Gasteiger partial charge in [-0.25, -0.2) is 9.18 Å². The van der Waals surface area contributed by atoms with Crippen molar-refractivity contribution in [2.45, 2.75) is 34.1 Å². The number of rotatable bonds is 8. The molecule has 20 heavy (non-hydrogen) atoms. The molecular weight excluding hydrogens is 265 g/mol. The van der Waals surface area contributed by atoms with Crippen LogP contribution < -0.4 is 5.32 Å². The molecule has 0 saturated heterocycles. The van der Waals surface area contributed by atoms with E-state index in [0.717, 1.165) is 6.08 Å². The number of allylic oxidation sites excluding steroid dienone is 1. The summed E-state index contributed by atoms with van der Waals surface area (Å²) in [6, 6.07) is 0. The molecule has 0 fully saturated rings. The minimum atomic E-state index is -1.26. The summed E-state index contributed by atoms with van der Waals surface area (Å²) in [5, 5.41) is 10.3. The van der Waals surface area contributed by atoms with Crippen LogP contribution in [0, 0.1) is 17.8 Å². The second-order valence-electron chi connectivity index (χ2n) is 5.21. The zero-order valence-electron chi connectivity index (χ0n) is 12.3. The van der Waals surface area contributed by atoms with Gasteiger partial charge < -0.3 is 10.4 Å². The molecule has 0 radical (unpaired) electrons. The Hall–Kier alpha value is -1.72. The fraction of sp³-hybridized carbons (Fsp3) is 0.643. The number of halogens is 1. The highest BCUT2D eigenvalue weighted by molar-refractivity contribution is 6.04. The molecule has 0 bridgehead atoms. The van der Waals surface area contributed by atoms with Crippen LogP contribution in [-0.4, -0.2) is 29.3 Å². The van der Waals surface area contributed by atoms with Crippen molar-refractivity contribution >= 4 is 17.7 Å². The summed E-state index contributed by atoms with van der Waals surface area (Å²) in [4.78, 5) is 34.2. The topological polar surface area (TPSA) is 83.5 Å². The Labute approximate surface area is 118 Å². The van der Waals surface area contributed by atoms with Crippen LogP contribution in [0.4, 0.5) is 9.18 Å². The van der Waals surface area contributed by atoms with Crippen LogP contribution in [0.15, 0.2) is 11.9 Å². The van der Waals surface area contributed by atoms with Crippen molar-refractivity contribution in [1.82, 2.24) is 5.32 Å². The molecule has 0 saturated carbocycles. The SMILES string of the molecule is CC(C)C(=O)C(C/C(F)=C/CNC(=O)O)C(=O)C(C)C. The van der Waals surface area contributed by atoms with E-state index in [9.17, 15) is 18.8 Å². The normalized spacial score (nSPS) is 12.1. The maximum absolute atomic E-state index is 13.7. The number of hydrogen-bond acceptors (Lipinski definition) is 3. The lowest BCUT2D eigenvalue weighted by molar-refractivity contribution is -0.136. The number of carbonyl (C=O) groups excluding carboxylic acids is 2. The number of hydrogen-bond donors (Lipinski definition) is 2. The first-order valence-corrected chi connectivity index (χ1v) is 6.55. The summed E-state index contributed by atoms with van der Waals surface area (Å²) in [5.41, 5.74) is 0. The van der Waals surface area contributed by atoms with Gasteiger partial charge in [0.15, 0.2) is 0 Å². The Morgan fingerprint density at radius 1 is 1.10 bits per heavy atom. The molecule has 0 atom stereocenters. The van der Waals surface area contributed by atoms with Crippen molar-refractivity contribution in [3.05, 3.63) is 11.9 Å². The van der Waals surface area contributed by atoms with Gasteiger partial charge in [0.2, 0.25) is 0 Å². The Morgan fingerprint density at radius 2 is 1.55 bits per heavy atom. The zero-order chi connectivity index (χ0) is 15.9. The average Bonchev–Trinajstić information content (AvgIpc) is 2.33. The smallest absolute Gasteiger partial charge is 0.404 e. The second-order valence-corrected chi connectivity index (χ2v) is 5.21. The standard InChI is InChI=1S/C14H22FNO4/c1-8(2)12(17)11(13(18)9(3)4)7-10(15)5-6-16-14(19)20/h5,8-9,11,16H,6-7H2,1-4H3,(H,19,20)/b10-5-. The Morgan fingerprint density at radius 3 is 1.90 bits per heavy atom. The van der Waals surface area contributed by atoms with E-state index < -0.39 is 17.8 Å². The van der Waals surface area contributed by atoms with Gasteiger partial charge in [0, 0.05) is 24.8 Å². The lowest BCUT2D eigenvalue weighted by Gasteiger charge is -2.18. The summed E-state index contributed by atoms with van der Waals surface area (Å²) in [7, 11) is 0. The molecule has 0 aliphatic heterocycles. The zero-order valence-corrected chi connectivity index (χ0v) is 12.3. The minimum Gasteiger partial charge on any atom is -0.465 e. The number of carbonyl (C=O) groups is 3. The van der Waals surface area contributed by atoms with E-state index in [1.165, 1.54) is 0 Å². The van der Waals surface area contributed by atoms with Crippen molar-refractivity contribution in [3.63, 3.8) is 0 Å². The molecular formula is C14H22FNO4. The van der Waals surface area contributed by atoms with Gasteiger partial charge in [-0.2, -0.15) is 0 Å². The van der Waals surface area contributed by atoms with Crippen LogP contribution in [0.25, 0.3) is 0 Å². The van der Waals surface area contributed by atoms with Gasteiger partial charge in [0.1, 0.15) is 11.6 Å². The number of nitrogens with one attached hydrogen (secondary N) is 1. The van der Waals surface area contributed by atoms with Crippen LogP contribution in [0.2, 0.25) is 0 Å². The largest absolute Gasteiger partial charge is 0.465 e. The molecule has 0 unspecified atom stereocenters. The lowest BCUT2D eigenvalue weighted by Crippen LogP contribution is -2.31. The van der Waals surface area contributed by atoms with E-state index in [-0.39, 0.29) is 36.4 Å². The van der Waals surface area contributed by atoms with Gasteiger partial charge >= 0.3 is 6.09 Å². The fourth-order valence-electron chi connectivity index (χ4n) is 1.67. The monoisotopic (exact) mass is 287 g/mol. The van der Waals surface area contributed by atoms with E-state index in [1.54, 1.807) is 27.7 Å². The Kier molecular flexibility index (Phi) is 7.72. The van der Waals surface area contributed by atoms with Gasteiger partial charge in [-0.05, 0) is 6.08 Å². The quantitative estimate of drug-likeness (QED) is 0.672. The molecule has 5 nitrogen and oxygen atoms in total. The fourth-order valence-corrected chi connectivity index (χ4v) is 1.67. The molecule has 0 aromatic rings. The van der Waals surface area contributed by atoms with Gasteiger partial charge in [-0.15, -0.1) is 0 Å². The number of ketones is 2. The molecule has 0 aliphatic rings. The maximum Gasteiger partial charge on any atom is 0.404 e. The first kappa shape index (κ1) is 18.3. The highest BCUT2D eigenvalue weighted by Crippen LogP contribution is 2.21. The van der Waals surface area contributed by atoms with Crippen LogP contribution in [0.3, 0.4) is 0 Å². The Bertz CT molecular complexity index is 382. The van der Waals surface area contributed by atoms with Crippen molar-refractivity contribution in [2.75, 3.05) is 6.54 Å². The van der Waals surface area contributed by atoms with Gasteiger partial charge in [0.05, 0.1) is 11.7 Å². The summed E-state index contributed by atoms with van der Waals surface area (Å²) in [6.45, 7) is 6.46. The van der Waals surface area contributed by atoms with Crippen LogP contribution >= 0.6 is 0 Å². The van der Waals surface area contributed by atoms with Gasteiger partial charge in [-0.1, -0.05) is 27.7 Å². The number of carboxylic acid groups (broad SMARTS) is 1. The number of amides is 1. The van der Waals surface area contributed by atoms with E-state index in [4.69, 9.17) is 5.11 Å². The van der Waals surface area contributed by atoms with Crippen LogP contribution in [-0.2, 0) is 9.59 Å². The molecule has 2 N–H and O–H groups in total. The third-order valence-corrected chi connectivity index (χ3v) is 2.80. The molecule has 6 heteroatoms. The van der Waals surface area contributed by atoms with Gasteiger partial charge in [0.25, 0.3) is 0 Å². The third-order valence-electron chi connectivity index (χ3n) is 2.80. The highest BCUT2D eigenvalue weighted by atomic mass is 19.1. The average molecular weight is 287 g/mol. The molecule has 1 amide bonds. The molecule has 0 heterocycles. The summed E-state index contributed by atoms with van der Waals surface area (Å²) in [6.07, 6.45) is -0.542. The predicted octanol–water partition coefficient (Wildman–Crippen LogP) is 2.56. The van der Waals surface area contributed by atoms with E-state index in [0.29, 0.717) is 0 Å². The minimum absolute atomic E-state index is 0.195. The van der Waals surface area contributed by atoms with E-state index in [2.05, 4.69) is 0 Å². The third kappa shape index (κ3) is 6.45. The van der Waals surface area contributed by atoms with Gasteiger partial charge in [-0.3, -0.25) is 9.59 Å². The highest BCUT2D eigenvalue weighted by Gasteiger charge is 2.30. The first-order valence-electron chi connectivity index (χ1n) is 6.55. The first-order chi connectivity index (χ1) is 9.16. The van der Waals surface area contributed by atoms with E-state index >= 15 is 0 Å². The van der Waals surface area contributed by atoms with Crippen LogP contribution in [0.5, 0.6) is 0 Å². The summed E-state index contributed by atoms with van der Waals surface area (Å²) >= 11 is 0. The van der Waals surface area contributed by atoms with Crippen molar-refractivity contribution in [2.24, 2.45) is 17.8 Å². The molecule has 0 spiro atoms. The predicted molar refractivity (Wildman–Crippen MR) is 73.0 cm³/mol. The Balaban J connectivity index is 4.85. The lowest BCUT2D eigenvalue weighted by atomic mass is 9.84. The molecule has 0 aromatic heterocycles. The van der Waals surface area contributed by atoms with Crippen molar-refractivity contribution in [3.8, 4) is 0 Å². The maximum atomic E-state index is 13.7. The number of Topliss-reactive ketones (excluding diaryl/α,β-unsaturated/α-hetero) is 2. The summed E-state index contributed by atoms with van der Waals surface area (Å²) < 4.78 is 13.7. The van der Waals surface area contributed by atoms with E-state index in [1.807, 2.05) is 5.32 Å². The van der Waals surface area contributed by atoms with Crippen LogP contribution in [0.1, 0.15) is 34.1 Å².